The molecule has 0 radical (unpaired) electrons. The maximum Gasteiger partial charge on any atom is 0.191 e. The first-order chi connectivity index (χ1) is 10.5. The van der Waals surface area contributed by atoms with E-state index in [0.717, 1.165) is 24.6 Å². The van der Waals surface area contributed by atoms with Gasteiger partial charge in [-0.25, -0.2) is 4.99 Å². The largest absolute Gasteiger partial charge is 0.357 e. The molecule has 0 spiro atoms. The van der Waals surface area contributed by atoms with E-state index >= 15 is 0 Å². The molecule has 0 bridgehead atoms. The summed E-state index contributed by atoms with van der Waals surface area (Å²) in [7, 11) is 1.92. The first-order valence-electron chi connectivity index (χ1n) is 7.55. The fraction of sp³-hybridized carbons (Fsp3) is 0.500. The Hall–Kier alpha value is -1.82. The highest BCUT2D eigenvalue weighted by Crippen LogP contribution is 2.26. The predicted molar refractivity (Wildman–Crippen MR) is 93.4 cm³/mol. The monoisotopic (exact) mass is 319 g/mol. The van der Waals surface area contributed by atoms with Gasteiger partial charge in [-0.15, -0.1) is 11.3 Å². The van der Waals surface area contributed by atoms with Crippen molar-refractivity contribution in [2.45, 2.75) is 32.7 Å². The van der Waals surface area contributed by atoms with Gasteiger partial charge in [0.1, 0.15) is 0 Å². The topological polar surface area (TPSA) is 54.2 Å². The molecule has 0 fully saturated rings. The molecule has 0 aliphatic carbocycles. The smallest absolute Gasteiger partial charge is 0.191 e. The van der Waals surface area contributed by atoms with Gasteiger partial charge in [-0.1, -0.05) is 19.9 Å². The Morgan fingerprint density at radius 3 is 2.82 bits per heavy atom. The summed E-state index contributed by atoms with van der Waals surface area (Å²) < 4.78 is 1.80. The third-order valence-electron chi connectivity index (χ3n) is 3.41. The zero-order chi connectivity index (χ0) is 16.0. The first kappa shape index (κ1) is 16.5. The Morgan fingerprint density at radius 1 is 1.41 bits per heavy atom. The molecular formula is C16H25N5S. The first-order valence-corrected chi connectivity index (χ1v) is 8.43. The highest BCUT2D eigenvalue weighted by atomic mass is 32.1. The van der Waals surface area contributed by atoms with Crippen LogP contribution in [-0.2, 0) is 19.0 Å². The van der Waals surface area contributed by atoms with Crippen LogP contribution in [0, 0.1) is 0 Å². The van der Waals surface area contributed by atoms with Crippen molar-refractivity contribution < 1.29 is 0 Å². The second kappa shape index (κ2) is 7.45. The number of aromatic nitrogens is 2. The molecular weight excluding hydrogens is 294 g/mol. The van der Waals surface area contributed by atoms with Crippen molar-refractivity contribution in [3.8, 4) is 0 Å². The van der Waals surface area contributed by atoms with Crippen LogP contribution in [0.5, 0.6) is 0 Å². The summed E-state index contributed by atoms with van der Waals surface area (Å²) in [6.07, 6.45) is 3.84. The lowest BCUT2D eigenvalue weighted by Gasteiger charge is -2.25. The Morgan fingerprint density at radius 2 is 2.23 bits per heavy atom. The van der Waals surface area contributed by atoms with Crippen LogP contribution >= 0.6 is 11.3 Å². The summed E-state index contributed by atoms with van der Waals surface area (Å²) in [6.45, 7) is 8.88. The van der Waals surface area contributed by atoms with Gasteiger partial charge in [0.05, 0.1) is 12.7 Å². The fourth-order valence-corrected chi connectivity index (χ4v) is 2.97. The highest BCUT2D eigenvalue weighted by Gasteiger charge is 2.21. The van der Waals surface area contributed by atoms with E-state index in [9.17, 15) is 0 Å². The van der Waals surface area contributed by atoms with Crippen LogP contribution in [0.3, 0.4) is 0 Å². The average molecular weight is 319 g/mol. The van der Waals surface area contributed by atoms with Gasteiger partial charge in [0.15, 0.2) is 5.96 Å². The predicted octanol–water partition coefficient (Wildman–Crippen LogP) is 2.51. The summed E-state index contributed by atoms with van der Waals surface area (Å²) in [5, 5.41) is 13.0. The van der Waals surface area contributed by atoms with Gasteiger partial charge in [-0.2, -0.15) is 5.10 Å². The molecule has 6 heteroatoms. The minimum Gasteiger partial charge on any atom is -0.357 e. The lowest BCUT2D eigenvalue weighted by Crippen LogP contribution is -2.43. The zero-order valence-electron chi connectivity index (χ0n) is 13.8. The second-order valence-electron chi connectivity index (χ2n) is 5.93. The third-order valence-corrected chi connectivity index (χ3v) is 4.64. The molecule has 2 aromatic heterocycles. The van der Waals surface area contributed by atoms with Gasteiger partial charge in [-0.05, 0) is 18.4 Å². The summed E-state index contributed by atoms with van der Waals surface area (Å²) >= 11 is 1.80. The molecule has 2 rings (SSSR count). The minimum absolute atomic E-state index is 0.0820. The highest BCUT2D eigenvalue weighted by molar-refractivity contribution is 7.10. The van der Waals surface area contributed by atoms with E-state index in [1.807, 2.05) is 19.4 Å². The van der Waals surface area contributed by atoms with Crippen molar-refractivity contribution in [3.63, 3.8) is 0 Å². The maximum absolute atomic E-state index is 4.63. The molecule has 2 aromatic rings. The van der Waals surface area contributed by atoms with Crippen LogP contribution in [0.25, 0.3) is 0 Å². The quantitative estimate of drug-likeness (QED) is 0.635. The van der Waals surface area contributed by atoms with Gasteiger partial charge in [0, 0.05) is 42.2 Å². The summed E-state index contributed by atoms with van der Waals surface area (Å²) in [5.74, 6) is 0.844. The lowest BCUT2D eigenvalue weighted by molar-refractivity contribution is 0.518. The molecule has 0 unspecified atom stereocenters. The number of hydrogen-bond acceptors (Lipinski definition) is 3. The second-order valence-corrected chi connectivity index (χ2v) is 6.88. The normalized spacial score (nSPS) is 12.5. The Kier molecular flexibility index (Phi) is 5.60. The number of thiophene rings is 1. The van der Waals surface area contributed by atoms with Crippen molar-refractivity contribution in [3.05, 3.63) is 40.3 Å². The van der Waals surface area contributed by atoms with E-state index in [2.05, 4.69) is 59.0 Å². The standard InChI is InChI=1S/C16H25N5S/c1-5-17-15(18-9-13-10-20-21(4)11-13)19-12-16(2,3)14-7-6-8-22-14/h6-8,10-11H,5,9,12H2,1-4H3,(H2,17,18,19). The summed E-state index contributed by atoms with van der Waals surface area (Å²) in [6, 6.07) is 4.29. The number of nitrogens with one attached hydrogen (secondary N) is 2. The van der Waals surface area contributed by atoms with Crippen molar-refractivity contribution in [2.75, 3.05) is 13.1 Å². The molecule has 0 saturated carbocycles. The molecule has 0 aliphatic heterocycles. The molecule has 22 heavy (non-hydrogen) atoms. The zero-order valence-corrected chi connectivity index (χ0v) is 14.6. The van der Waals surface area contributed by atoms with Gasteiger partial charge in [0.25, 0.3) is 0 Å². The maximum atomic E-state index is 4.63. The molecule has 0 aliphatic rings. The van der Waals surface area contributed by atoms with Gasteiger partial charge < -0.3 is 10.6 Å². The van der Waals surface area contributed by atoms with E-state index in [4.69, 9.17) is 0 Å². The van der Waals surface area contributed by atoms with Crippen LogP contribution in [-0.4, -0.2) is 28.8 Å². The third kappa shape index (κ3) is 4.59. The number of guanidine groups is 1. The van der Waals surface area contributed by atoms with E-state index in [0.29, 0.717) is 6.54 Å². The number of aryl methyl sites for hydroxylation is 1. The minimum atomic E-state index is 0.0820. The molecule has 5 nitrogen and oxygen atoms in total. The number of rotatable bonds is 6. The summed E-state index contributed by atoms with van der Waals surface area (Å²) in [5.41, 5.74) is 1.19. The number of nitrogens with zero attached hydrogens (tertiary/aromatic N) is 3. The molecule has 2 heterocycles. The van der Waals surface area contributed by atoms with Crippen molar-refractivity contribution in [2.24, 2.45) is 12.0 Å². The van der Waals surface area contributed by atoms with Gasteiger partial charge in [-0.3, -0.25) is 4.68 Å². The van der Waals surface area contributed by atoms with Crippen LogP contribution in [0.1, 0.15) is 31.2 Å². The van der Waals surface area contributed by atoms with E-state index in [-0.39, 0.29) is 5.41 Å². The SMILES string of the molecule is CCNC(=NCc1cnn(C)c1)NCC(C)(C)c1cccs1. The van der Waals surface area contributed by atoms with E-state index in [1.54, 1.807) is 16.0 Å². The Bertz CT molecular complexity index is 598. The number of aliphatic imine (C=N–C) groups is 1. The van der Waals surface area contributed by atoms with E-state index < -0.39 is 0 Å². The molecule has 0 aromatic carbocycles. The van der Waals surface area contributed by atoms with E-state index in [1.165, 1.54) is 4.88 Å². The molecule has 0 amide bonds. The van der Waals surface area contributed by atoms with Crippen molar-refractivity contribution in [1.82, 2.24) is 20.4 Å². The lowest BCUT2D eigenvalue weighted by atomic mass is 9.91. The molecule has 0 saturated heterocycles. The summed E-state index contributed by atoms with van der Waals surface area (Å²) in [4.78, 5) is 6.00. The van der Waals surface area contributed by atoms with Crippen LogP contribution < -0.4 is 10.6 Å². The molecule has 0 atom stereocenters. The Balaban J connectivity index is 1.96. The van der Waals surface area contributed by atoms with Crippen LogP contribution in [0.4, 0.5) is 0 Å². The average Bonchev–Trinajstić information content (AvgIpc) is 3.13. The Labute approximate surface area is 136 Å². The van der Waals surface area contributed by atoms with Gasteiger partial charge in [0.2, 0.25) is 0 Å². The van der Waals surface area contributed by atoms with Crippen molar-refractivity contribution in [1.29, 1.82) is 0 Å². The number of hydrogen-bond donors (Lipinski definition) is 2. The van der Waals surface area contributed by atoms with Gasteiger partial charge >= 0.3 is 0 Å². The van der Waals surface area contributed by atoms with Crippen LogP contribution in [0.2, 0.25) is 0 Å². The van der Waals surface area contributed by atoms with Crippen molar-refractivity contribution >= 4 is 17.3 Å². The fourth-order valence-electron chi connectivity index (χ4n) is 2.12. The molecule has 2 N–H and O–H groups in total. The molecule has 120 valence electrons. The van der Waals surface area contributed by atoms with Crippen LogP contribution in [0.15, 0.2) is 34.9 Å².